The van der Waals surface area contributed by atoms with Crippen molar-refractivity contribution in [2.45, 2.75) is 24.8 Å². The second-order valence-corrected chi connectivity index (χ2v) is 7.57. The molecular weight excluding hydrogens is 306 g/mol. The van der Waals surface area contributed by atoms with Gasteiger partial charge in [0.25, 0.3) is 0 Å². The van der Waals surface area contributed by atoms with Crippen LogP contribution in [0.15, 0.2) is 47.4 Å². The highest BCUT2D eigenvalue weighted by Crippen LogP contribution is 2.25. The summed E-state index contributed by atoms with van der Waals surface area (Å²) in [5.41, 5.74) is 9.13. The molecule has 21 heavy (non-hydrogen) atoms. The number of benzene rings is 2. The molecule has 112 valence electrons. The summed E-state index contributed by atoms with van der Waals surface area (Å²) < 4.78 is 24.8. The number of nitrogens with two attached hydrogens (primary N) is 1. The van der Waals surface area contributed by atoms with Gasteiger partial charge in [0, 0.05) is 6.04 Å². The van der Waals surface area contributed by atoms with Gasteiger partial charge in [-0.3, -0.25) is 0 Å². The number of rotatable bonds is 4. The van der Waals surface area contributed by atoms with E-state index in [0.29, 0.717) is 0 Å². The maximum absolute atomic E-state index is 12.4. The number of hydrogen-bond donors (Lipinski definition) is 1. The highest BCUT2D eigenvalue weighted by molar-refractivity contribution is 7.91. The lowest BCUT2D eigenvalue weighted by atomic mass is 10.0. The van der Waals surface area contributed by atoms with Crippen molar-refractivity contribution < 1.29 is 8.42 Å². The fraction of sp³-hybridized carbons (Fsp3) is 0.250. The van der Waals surface area contributed by atoms with E-state index in [1.165, 1.54) is 6.07 Å². The predicted molar refractivity (Wildman–Crippen MR) is 86.3 cm³/mol. The topological polar surface area (TPSA) is 60.2 Å². The minimum atomic E-state index is -3.52. The average molecular weight is 324 g/mol. The molecule has 0 bridgehead atoms. The van der Waals surface area contributed by atoms with Gasteiger partial charge in [-0.15, -0.1) is 0 Å². The lowest BCUT2D eigenvalue weighted by Gasteiger charge is -2.15. The molecule has 2 N–H and O–H groups in total. The van der Waals surface area contributed by atoms with Gasteiger partial charge < -0.3 is 5.73 Å². The van der Waals surface area contributed by atoms with Gasteiger partial charge in [-0.1, -0.05) is 41.9 Å². The molecule has 0 spiro atoms. The van der Waals surface area contributed by atoms with E-state index in [9.17, 15) is 8.42 Å². The molecule has 1 atom stereocenters. The predicted octanol–water partition coefficient (Wildman–Crippen LogP) is 3.43. The van der Waals surface area contributed by atoms with E-state index in [-0.39, 0.29) is 15.7 Å². The monoisotopic (exact) mass is 323 g/mol. The maximum Gasteiger partial charge on any atom is 0.181 e. The van der Waals surface area contributed by atoms with Crippen molar-refractivity contribution in [2.75, 3.05) is 5.75 Å². The normalized spacial score (nSPS) is 13.1. The molecule has 3 nitrogen and oxygen atoms in total. The first-order valence-electron chi connectivity index (χ1n) is 6.61. The van der Waals surface area contributed by atoms with E-state index in [4.69, 9.17) is 17.3 Å². The Morgan fingerprint density at radius 2 is 1.76 bits per heavy atom. The Kier molecular flexibility index (Phi) is 4.71. The van der Waals surface area contributed by atoms with Crippen LogP contribution in [0.4, 0.5) is 0 Å². The fourth-order valence-corrected chi connectivity index (χ4v) is 4.10. The minimum absolute atomic E-state index is 0.131. The zero-order chi connectivity index (χ0) is 15.6. The first-order valence-corrected chi connectivity index (χ1v) is 8.64. The van der Waals surface area contributed by atoms with Crippen LogP contribution in [0.2, 0.25) is 5.02 Å². The Morgan fingerprint density at radius 1 is 1.10 bits per heavy atom. The molecule has 5 heteroatoms. The molecule has 0 aromatic heterocycles. The van der Waals surface area contributed by atoms with Crippen LogP contribution in [-0.2, 0) is 9.84 Å². The molecule has 2 aromatic carbocycles. The molecule has 0 aliphatic carbocycles. The number of sulfone groups is 1. The Hall–Kier alpha value is -1.36. The molecule has 0 fully saturated rings. The van der Waals surface area contributed by atoms with Gasteiger partial charge in [0.15, 0.2) is 9.84 Å². The van der Waals surface area contributed by atoms with Crippen molar-refractivity contribution in [3.8, 4) is 0 Å². The van der Waals surface area contributed by atoms with Crippen LogP contribution in [0, 0.1) is 13.8 Å². The zero-order valence-electron chi connectivity index (χ0n) is 12.0. The van der Waals surface area contributed by atoms with E-state index in [0.717, 1.165) is 16.7 Å². The quantitative estimate of drug-likeness (QED) is 0.937. The molecule has 0 saturated heterocycles. The summed E-state index contributed by atoms with van der Waals surface area (Å²) >= 11 is 5.96. The SMILES string of the molecule is Cc1ccc(C(N)CS(=O)(=O)c2ccccc2Cl)cc1C. The van der Waals surface area contributed by atoms with Gasteiger partial charge in [-0.2, -0.15) is 0 Å². The van der Waals surface area contributed by atoms with E-state index in [2.05, 4.69) is 0 Å². The Balaban J connectivity index is 2.28. The van der Waals surface area contributed by atoms with Crippen molar-refractivity contribution in [1.82, 2.24) is 0 Å². The largest absolute Gasteiger partial charge is 0.323 e. The van der Waals surface area contributed by atoms with Gasteiger partial charge in [0.05, 0.1) is 15.7 Å². The van der Waals surface area contributed by atoms with Crippen molar-refractivity contribution in [2.24, 2.45) is 5.73 Å². The third kappa shape index (κ3) is 3.64. The fourth-order valence-electron chi connectivity index (χ4n) is 2.11. The molecule has 0 aliphatic rings. The summed E-state index contributed by atoms with van der Waals surface area (Å²) in [5.74, 6) is -0.167. The summed E-state index contributed by atoms with van der Waals surface area (Å²) in [6, 6.07) is 11.6. The lowest BCUT2D eigenvalue weighted by molar-refractivity contribution is 0.589. The van der Waals surface area contributed by atoms with Crippen LogP contribution in [0.5, 0.6) is 0 Å². The Morgan fingerprint density at radius 3 is 2.38 bits per heavy atom. The second-order valence-electron chi connectivity index (χ2n) is 5.16. The number of hydrogen-bond acceptors (Lipinski definition) is 3. The molecule has 0 aliphatic heterocycles. The Labute approximate surface area is 130 Å². The number of halogens is 1. The van der Waals surface area contributed by atoms with Gasteiger partial charge in [0.1, 0.15) is 0 Å². The third-order valence-electron chi connectivity index (χ3n) is 3.53. The number of aryl methyl sites for hydroxylation is 2. The van der Waals surface area contributed by atoms with Crippen molar-refractivity contribution in [3.05, 3.63) is 64.2 Å². The first kappa shape index (κ1) is 16.0. The van der Waals surface area contributed by atoms with Gasteiger partial charge in [-0.05, 0) is 42.7 Å². The summed E-state index contributed by atoms with van der Waals surface area (Å²) in [6.07, 6.45) is 0. The molecule has 2 aromatic rings. The molecule has 1 unspecified atom stereocenters. The highest BCUT2D eigenvalue weighted by Gasteiger charge is 2.22. The second kappa shape index (κ2) is 6.18. The molecule has 0 amide bonds. The summed E-state index contributed by atoms with van der Waals surface area (Å²) in [7, 11) is -3.52. The first-order chi connectivity index (χ1) is 9.81. The van der Waals surface area contributed by atoms with E-state index in [1.807, 2.05) is 32.0 Å². The minimum Gasteiger partial charge on any atom is -0.323 e. The average Bonchev–Trinajstić information content (AvgIpc) is 2.41. The van der Waals surface area contributed by atoms with Crippen LogP contribution in [0.3, 0.4) is 0 Å². The molecule has 0 radical (unpaired) electrons. The molecule has 0 heterocycles. The maximum atomic E-state index is 12.4. The highest BCUT2D eigenvalue weighted by atomic mass is 35.5. The third-order valence-corrected chi connectivity index (χ3v) is 5.80. The van der Waals surface area contributed by atoms with Crippen LogP contribution < -0.4 is 5.73 Å². The van der Waals surface area contributed by atoms with E-state index >= 15 is 0 Å². The van der Waals surface area contributed by atoms with Gasteiger partial charge in [0.2, 0.25) is 0 Å². The van der Waals surface area contributed by atoms with Crippen molar-refractivity contribution in [1.29, 1.82) is 0 Å². The lowest BCUT2D eigenvalue weighted by Crippen LogP contribution is -2.22. The Bertz CT molecular complexity index is 757. The molecule has 2 rings (SSSR count). The van der Waals surface area contributed by atoms with Crippen LogP contribution >= 0.6 is 11.6 Å². The van der Waals surface area contributed by atoms with Crippen LogP contribution in [0.25, 0.3) is 0 Å². The van der Waals surface area contributed by atoms with Crippen molar-refractivity contribution in [3.63, 3.8) is 0 Å². The van der Waals surface area contributed by atoms with Gasteiger partial charge >= 0.3 is 0 Å². The summed E-state index contributed by atoms with van der Waals surface area (Å²) in [4.78, 5) is 0.131. The molecular formula is C16H18ClNO2S. The van der Waals surface area contributed by atoms with Crippen molar-refractivity contribution >= 4 is 21.4 Å². The molecule has 0 saturated carbocycles. The standard InChI is InChI=1S/C16H18ClNO2S/c1-11-7-8-13(9-12(11)2)15(18)10-21(19,20)16-6-4-3-5-14(16)17/h3-9,15H,10,18H2,1-2H3. The van der Waals surface area contributed by atoms with Gasteiger partial charge in [-0.25, -0.2) is 8.42 Å². The van der Waals surface area contributed by atoms with Crippen LogP contribution in [0.1, 0.15) is 22.7 Å². The van der Waals surface area contributed by atoms with Crippen LogP contribution in [-0.4, -0.2) is 14.2 Å². The zero-order valence-corrected chi connectivity index (χ0v) is 13.6. The summed E-state index contributed by atoms with van der Waals surface area (Å²) in [5, 5.41) is 0.227. The summed E-state index contributed by atoms with van der Waals surface area (Å²) in [6.45, 7) is 3.99. The smallest absolute Gasteiger partial charge is 0.181 e. The van der Waals surface area contributed by atoms with E-state index in [1.54, 1.807) is 18.2 Å². The van der Waals surface area contributed by atoms with E-state index < -0.39 is 15.9 Å².